The lowest BCUT2D eigenvalue weighted by Gasteiger charge is -2.29. The van der Waals surface area contributed by atoms with Gasteiger partial charge in [-0.2, -0.15) is 0 Å². The number of rotatable bonds is 4. The minimum atomic E-state index is -0.268. The first-order valence-corrected chi connectivity index (χ1v) is 7.97. The average molecular weight is 304 g/mol. The summed E-state index contributed by atoms with van der Waals surface area (Å²) in [6.07, 6.45) is 0. The van der Waals surface area contributed by atoms with Crippen molar-refractivity contribution in [3.8, 4) is 0 Å². The van der Waals surface area contributed by atoms with Gasteiger partial charge in [-0.25, -0.2) is 4.79 Å². The van der Waals surface area contributed by atoms with E-state index in [2.05, 4.69) is 13.0 Å². The van der Waals surface area contributed by atoms with Crippen molar-refractivity contribution in [1.29, 1.82) is 0 Å². The van der Waals surface area contributed by atoms with Gasteiger partial charge in [-0.3, -0.25) is 0 Å². The number of aliphatic hydroxyl groups is 1. The fourth-order valence-electron chi connectivity index (χ4n) is 3.30. The molecule has 1 fully saturated rings. The van der Waals surface area contributed by atoms with Gasteiger partial charge in [-0.1, -0.05) is 11.6 Å². The van der Waals surface area contributed by atoms with E-state index in [1.54, 1.807) is 6.07 Å². The molecule has 1 saturated heterocycles. The van der Waals surface area contributed by atoms with Crippen molar-refractivity contribution in [3.05, 3.63) is 45.8 Å². The summed E-state index contributed by atoms with van der Waals surface area (Å²) >= 11 is 0. The van der Waals surface area contributed by atoms with Crippen LogP contribution in [0.1, 0.15) is 11.1 Å². The summed E-state index contributed by atoms with van der Waals surface area (Å²) in [7, 11) is 0. The highest BCUT2D eigenvalue weighted by molar-refractivity contribution is 5.80. The Morgan fingerprint density at radius 1 is 1.14 bits per heavy atom. The number of hydrogen-bond acceptors (Lipinski definition) is 3. The van der Waals surface area contributed by atoms with Crippen LogP contribution in [0.4, 0.5) is 0 Å². The molecule has 2 aromatic rings. The van der Waals surface area contributed by atoms with Crippen molar-refractivity contribution in [2.24, 2.45) is 0 Å². The molecule has 0 radical (unpaired) electrons. The van der Waals surface area contributed by atoms with Gasteiger partial charge in [0.25, 0.3) is 0 Å². The van der Waals surface area contributed by atoms with Crippen LogP contribution in [0.5, 0.6) is 0 Å². The molecule has 1 aromatic carbocycles. The van der Waals surface area contributed by atoms with Gasteiger partial charge < -0.3 is 19.3 Å². The molecule has 5 nitrogen and oxygen atoms in total. The Balaban J connectivity index is 1.79. The highest BCUT2D eigenvalue weighted by atomic mass is 16.4. The minimum Gasteiger partial charge on any atom is -0.423 e. The number of aryl methyl sites for hydroxylation is 1. The second-order valence-corrected chi connectivity index (χ2v) is 6.24. The van der Waals surface area contributed by atoms with Crippen molar-refractivity contribution in [2.45, 2.75) is 13.5 Å². The smallest absolute Gasteiger partial charge is 0.336 e. The molecule has 0 amide bonds. The van der Waals surface area contributed by atoms with Crippen LogP contribution in [0.15, 0.2) is 33.5 Å². The van der Waals surface area contributed by atoms with E-state index in [0.717, 1.165) is 50.2 Å². The molecular weight excluding hydrogens is 280 g/mol. The maximum atomic E-state index is 11.8. The highest BCUT2D eigenvalue weighted by Gasteiger charge is 2.23. The average Bonchev–Trinajstić information content (AvgIpc) is 2.50. The fourth-order valence-corrected chi connectivity index (χ4v) is 3.30. The molecule has 1 aromatic heterocycles. The molecule has 3 rings (SSSR count). The summed E-state index contributed by atoms with van der Waals surface area (Å²) in [5, 5.41) is 10.1. The Bertz CT molecular complexity index is 703. The molecule has 0 bridgehead atoms. The maximum Gasteiger partial charge on any atom is 0.336 e. The maximum absolute atomic E-state index is 11.8. The predicted octanol–water partition coefficient (Wildman–Crippen LogP) is -1.62. The van der Waals surface area contributed by atoms with Crippen molar-refractivity contribution in [3.63, 3.8) is 0 Å². The van der Waals surface area contributed by atoms with Gasteiger partial charge >= 0.3 is 5.63 Å². The Kier molecular flexibility index (Phi) is 4.57. The zero-order valence-electron chi connectivity index (χ0n) is 13.0. The SMILES string of the molecule is Cc1ccc2oc(=O)cc(C[NH+]3CC[NH+](CCO)CC3)c2c1. The van der Waals surface area contributed by atoms with E-state index in [0.29, 0.717) is 5.58 Å². The van der Waals surface area contributed by atoms with E-state index >= 15 is 0 Å². The Morgan fingerprint density at radius 3 is 2.59 bits per heavy atom. The zero-order valence-corrected chi connectivity index (χ0v) is 13.0. The van der Waals surface area contributed by atoms with Crippen LogP contribution >= 0.6 is 0 Å². The summed E-state index contributed by atoms with van der Waals surface area (Å²) in [6, 6.07) is 7.59. The Hall–Kier alpha value is -1.69. The first-order chi connectivity index (χ1) is 10.7. The van der Waals surface area contributed by atoms with Gasteiger partial charge in [0.1, 0.15) is 44.9 Å². The number of aliphatic hydroxyl groups excluding tert-OH is 1. The lowest BCUT2D eigenvalue weighted by molar-refractivity contribution is -1.02. The molecule has 22 heavy (non-hydrogen) atoms. The second kappa shape index (κ2) is 6.60. The molecule has 0 aliphatic carbocycles. The standard InChI is InChI=1S/C17H22N2O3/c1-13-2-3-16-15(10-13)14(11-17(21)22-16)12-19-6-4-18(5-7-19)8-9-20/h2-3,10-11,20H,4-9,12H2,1H3/p+2. The molecule has 0 unspecified atom stereocenters. The van der Waals surface area contributed by atoms with Gasteiger partial charge in [0, 0.05) is 17.0 Å². The van der Waals surface area contributed by atoms with Crippen LogP contribution in [-0.4, -0.2) is 44.4 Å². The topological polar surface area (TPSA) is 59.3 Å². The van der Waals surface area contributed by atoms with E-state index in [4.69, 9.17) is 9.52 Å². The van der Waals surface area contributed by atoms with Crippen LogP contribution in [0, 0.1) is 6.92 Å². The monoisotopic (exact) mass is 304 g/mol. The third-order valence-electron chi connectivity index (χ3n) is 4.55. The lowest BCUT2D eigenvalue weighted by Crippen LogP contribution is -3.27. The molecule has 1 aliphatic rings. The number of quaternary nitrogens is 2. The number of nitrogens with one attached hydrogen (secondary N) is 2. The van der Waals surface area contributed by atoms with E-state index < -0.39 is 0 Å². The Morgan fingerprint density at radius 2 is 1.86 bits per heavy atom. The molecule has 1 aliphatic heterocycles. The number of piperazine rings is 1. The van der Waals surface area contributed by atoms with Crippen LogP contribution < -0.4 is 15.4 Å². The normalized spacial score (nSPS) is 22.1. The van der Waals surface area contributed by atoms with Gasteiger partial charge in [0.05, 0.1) is 6.61 Å². The minimum absolute atomic E-state index is 0.258. The van der Waals surface area contributed by atoms with Crippen molar-refractivity contribution >= 4 is 11.0 Å². The first kappa shape index (κ1) is 15.2. The summed E-state index contributed by atoms with van der Waals surface area (Å²) < 4.78 is 5.30. The van der Waals surface area contributed by atoms with Crippen LogP contribution in [0.2, 0.25) is 0 Å². The summed E-state index contributed by atoms with van der Waals surface area (Å²) in [5.74, 6) is 0. The first-order valence-electron chi connectivity index (χ1n) is 7.97. The zero-order chi connectivity index (χ0) is 15.5. The van der Waals surface area contributed by atoms with Gasteiger partial charge in [0.2, 0.25) is 0 Å². The second-order valence-electron chi connectivity index (χ2n) is 6.24. The molecule has 0 atom stereocenters. The molecule has 118 valence electrons. The van der Waals surface area contributed by atoms with Gasteiger partial charge in [-0.05, 0) is 19.1 Å². The molecular formula is C17H24N2O3+2. The van der Waals surface area contributed by atoms with Crippen LogP contribution in [0.3, 0.4) is 0 Å². The molecule has 2 heterocycles. The van der Waals surface area contributed by atoms with E-state index in [9.17, 15) is 4.79 Å². The van der Waals surface area contributed by atoms with E-state index in [-0.39, 0.29) is 12.2 Å². The number of hydrogen-bond donors (Lipinski definition) is 3. The number of benzene rings is 1. The third kappa shape index (κ3) is 3.38. The van der Waals surface area contributed by atoms with E-state index in [1.807, 2.05) is 12.1 Å². The number of fused-ring (bicyclic) bond motifs is 1. The lowest BCUT2D eigenvalue weighted by atomic mass is 10.1. The van der Waals surface area contributed by atoms with E-state index in [1.165, 1.54) is 15.4 Å². The fraction of sp³-hybridized carbons (Fsp3) is 0.471. The van der Waals surface area contributed by atoms with Crippen molar-refractivity contribution in [1.82, 2.24) is 0 Å². The molecule has 5 heteroatoms. The van der Waals surface area contributed by atoms with Gasteiger partial charge in [-0.15, -0.1) is 0 Å². The molecule has 0 saturated carbocycles. The Labute approximate surface area is 129 Å². The summed E-state index contributed by atoms with van der Waals surface area (Å²) in [5.41, 5.74) is 2.66. The summed E-state index contributed by atoms with van der Waals surface area (Å²) in [4.78, 5) is 14.7. The van der Waals surface area contributed by atoms with Crippen LogP contribution in [0.25, 0.3) is 11.0 Å². The quantitative estimate of drug-likeness (QED) is 0.595. The molecule has 3 N–H and O–H groups in total. The summed E-state index contributed by atoms with van der Waals surface area (Å²) in [6.45, 7) is 8.31. The predicted molar refractivity (Wildman–Crippen MR) is 84.3 cm³/mol. The van der Waals surface area contributed by atoms with Crippen molar-refractivity contribution < 1.29 is 19.3 Å². The largest absolute Gasteiger partial charge is 0.423 e. The van der Waals surface area contributed by atoms with Crippen molar-refractivity contribution in [2.75, 3.05) is 39.3 Å². The van der Waals surface area contributed by atoms with Gasteiger partial charge in [0.15, 0.2) is 0 Å². The third-order valence-corrected chi connectivity index (χ3v) is 4.55. The van der Waals surface area contributed by atoms with Crippen LogP contribution in [-0.2, 0) is 6.54 Å². The molecule has 0 spiro atoms. The highest BCUT2D eigenvalue weighted by Crippen LogP contribution is 2.17.